The van der Waals surface area contributed by atoms with Gasteiger partial charge in [-0.05, 0) is 24.6 Å². The second-order valence-electron chi connectivity index (χ2n) is 2.90. The van der Waals surface area contributed by atoms with Crippen LogP contribution < -0.4 is 10.7 Å². The molecule has 0 unspecified atom stereocenters. The van der Waals surface area contributed by atoms with E-state index >= 15 is 0 Å². The molecule has 0 fully saturated rings. The number of carbonyl (C=O) groups is 1. The Morgan fingerprint density at radius 3 is 2.81 bits per heavy atom. The third-order valence-corrected chi connectivity index (χ3v) is 1.66. The number of nitrogens with one attached hydrogen (secondary N) is 2. The van der Waals surface area contributed by atoms with Crippen LogP contribution in [0.5, 0.6) is 0 Å². The SMILES string of the molecule is CCNC(=O)N/N=C/c1ccc(F)c(F)c1. The second-order valence-corrected chi connectivity index (χ2v) is 2.90. The number of urea groups is 1. The van der Waals surface area contributed by atoms with Gasteiger partial charge in [0.1, 0.15) is 0 Å². The molecule has 4 nitrogen and oxygen atoms in total. The average Bonchev–Trinajstić information content (AvgIpc) is 2.24. The zero-order valence-corrected chi connectivity index (χ0v) is 8.63. The van der Waals surface area contributed by atoms with E-state index < -0.39 is 17.7 Å². The van der Waals surface area contributed by atoms with E-state index in [1.807, 2.05) is 0 Å². The van der Waals surface area contributed by atoms with E-state index in [9.17, 15) is 13.6 Å². The van der Waals surface area contributed by atoms with Crippen molar-refractivity contribution in [2.24, 2.45) is 5.10 Å². The first kappa shape index (κ1) is 12.1. The van der Waals surface area contributed by atoms with E-state index in [0.29, 0.717) is 12.1 Å². The van der Waals surface area contributed by atoms with E-state index in [1.165, 1.54) is 12.3 Å². The van der Waals surface area contributed by atoms with E-state index in [-0.39, 0.29) is 0 Å². The van der Waals surface area contributed by atoms with Crippen LogP contribution in [-0.4, -0.2) is 18.8 Å². The highest BCUT2D eigenvalue weighted by Crippen LogP contribution is 2.06. The monoisotopic (exact) mass is 227 g/mol. The smallest absolute Gasteiger partial charge is 0.335 e. The lowest BCUT2D eigenvalue weighted by Crippen LogP contribution is -2.31. The fraction of sp³-hybridized carbons (Fsp3) is 0.200. The summed E-state index contributed by atoms with van der Waals surface area (Å²) in [6, 6.07) is 2.86. The van der Waals surface area contributed by atoms with Gasteiger partial charge >= 0.3 is 6.03 Å². The molecule has 0 spiro atoms. The fourth-order valence-electron chi connectivity index (χ4n) is 0.958. The number of hydrogen-bond donors (Lipinski definition) is 2. The number of hydrogen-bond acceptors (Lipinski definition) is 2. The molecule has 0 aliphatic carbocycles. The van der Waals surface area contributed by atoms with Crippen molar-refractivity contribution in [3.63, 3.8) is 0 Å². The van der Waals surface area contributed by atoms with Crippen LogP contribution in [0.2, 0.25) is 0 Å². The van der Waals surface area contributed by atoms with Gasteiger partial charge in [-0.1, -0.05) is 6.07 Å². The summed E-state index contributed by atoms with van der Waals surface area (Å²) in [5.74, 6) is -1.88. The van der Waals surface area contributed by atoms with Gasteiger partial charge in [0.25, 0.3) is 0 Å². The highest BCUT2D eigenvalue weighted by atomic mass is 19.2. The standard InChI is InChI=1S/C10H11F2N3O/c1-2-13-10(16)15-14-6-7-3-4-8(11)9(12)5-7/h3-6H,2H2,1H3,(H2,13,15,16)/b14-6+. The van der Waals surface area contributed by atoms with Crippen LogP contribution >= 0.6 is 0 Å². The van der Waals surface area contributed by atoms with Gasteiger partial charge in [-0.25, -0.2) is 19.0 Å². The van der Waals surface area contributed by atoms with Gasteiger partial charge in [-0.3, -0.25) is 0 Å². The fourth-order valence-corrected chi connectivity index (χ4v) is 0.958. The molecule has 1 aromatic rings. The van der Waals surface area contributed by atoms with Crippen molar-refractivity contribution in [3.8, 4) is 0 Å². The lowest BCUT2D eigenvalue weighted by Gasteiger charge is -1.99. The van der Waals surface area contributed by atoms with Crippen LogP contribution in [0.1, 0.15) is 12.5 Å². The molecule has 1 rings (SSSR count). The van der Waals surface area contributed by atoms with Crippen LogP contribution in [-0.2, 0) is 0 Å². The Balaban J connectivity index is 2.56. The zero-order valence-electron chi connectivity index (χ0n) is 8.63. The summed E-state index contributed by atoms with van der Waals surface area (Å²) >= 11 is 0. The Hall–Kier alpha value is -1.98. The lowest BCUT2D eigenvalue weighted by molar-refractivity contribution is 0.242. The molecule has 0 heterocycles. The van der Waals surface area contributed by atoms with Crippen molar-refractivity contribution in [3.05, 3.63) is 35.4 Å². The van der Waals surface area contributed by atoms with E-state index in [0.717, 1.165) is 12.1 Å². The quantitative estimate of drug-likeness (QED) is 0.598. The van der Waals surface area contributed by atoms with Crippen LogP contribution in [0.15, 0.2) is 23.3 Å². The summed E-state index contributed by atoms with van der Waals surface area (Å²) in [6.07, 6.45) is 1.22. The Bertz CT molecular complexity index is 407. The van der Waals surface area contributed by atoms with Gasteiger partial charge in [-0.2, -0.15) is 5.10 Å². The number of carbonyl (C=O) groups excluding carboxylic acids is 1. The largest absolute Gasteiger partial charge is 0.337 e. The molecule has 0 radical (unpaired) electrons. The van der Waals surface area contributed by atoms with Crippen molar-refractivity contribution in [2.45, 2.75) is 6.92 Å². The summed E-state index contributed by atoms with van der Waals surface area (Å²) in [6.45, 7) is 2.24. The molecular weight excluding hydrogens is 216 g/mol. The molecule has 0 saturated heterocycles. The Labute approximate surface area is 91.3 Å². The minimum atomic E-state index is -0.957. The maximum atomic E-state index is 12.7. The minimum absolute atomic E-state index is 0.357. The summed E-state index contributed by atoms with van der Waals surface area (Å²) in [7, 11) is 0. The minimum Gasteiger partial charge on any atom is -0.337 e. The summed E-state index contributed by atoms with van der Waals surface area (Å²) in [5.41, 5.74) is 2.53. The molecule has 0 aliphatic heterocycles. The third-order valence-electron chi connectivity index (χ3n) is 1.66. The van der Waals surface area contributed by atoms with Crippen molar-refractivity contribution in [1.82, 2.24) is 10.7 Å². The second kappa shape index (κ2) is 5.79. The van der Waals surface area contributed by atoms with Gasteiger partial charge in [0, 0.05) is 6.54 Å². The molecule has 0 atom stereocenters. The van der Waals surface area contributed by atoms with Gasteiger partial charge in [0.15, 0.2) is 11.6 Å². The van der Waals surface area contributed by atoms with Crippen LogP contribution in [0.25, 0.3) is 0 Å². The van der Waals surface area contributed by atoms with Crippen molar-refractivity contribution < 1.29 is 13.6 Å². The van der Waals surface area contributed by atoms with Crippen molar-refractivity contribution >= 4 is 12.2 Å². The highest BCUT2D eigenvalue weighted by Gasteiger charge is 2.00. The van der Waals surface area contributed by atoms with Crippen molar-refractivity contribution in [1.29, 1.82) is 0 Å². The molecule has 0 aromatic heterocycles. The number of halogens is 2. The molecular formula is C10H11F2N3O. The Morgan fingerprint density at radius 1 is 1.44 bits per heavy atom. The maximum absolute atomic E-state index is 12.7. The number of rotatable bonds is 3. The first-order valence-electron chi connectivity index (χ1n) is 4.65. The normalized spacial score (nSPS) is 10.4. The first-order chi connectivity index (χ1) is 7.63. The molecule has 1 aromatic carbocycles. The number of nitrogens with zero attached hydrogens (tertiary/aromatic N) is 1. The average molecular weight is 227 g/mol. The third kappa shape index (κ3) is 3.64. The predicted octanol–water partition coefficient (Wildman–Crippen LogP) is 1.62. The molecule has 6 heteroatoms. The molecule has 0 saturated carbocycles. The first-order valence-corrected chi connectivity index (χ1v) is 4.65. The van der Waals surface area contributed by atoms with Gasteiger partial charge < -0.3 is 5.32 Å². The zero-order chi connectivity index (χ0) is 12.0. The van der Waals surface area contributed by atoms with Crippen LogP contribution in [0.3, 0.4) is 0 Å². The van der Waals surface area contributed by atoms with Crippen LogP contribution in [0.4, 0.5) is 13.6 Å². The Morgan fingerprint density at radius 2 is 2.19 bits per heavy atom. The number of benzene rings is 1. The number of hydrazone groups is 1. The Kier molecular flexibility index (Phi) is 4.38. The van der Waals surface area contributed by atoms with E-state index in [4.69, 9.17) is 0 Å². The predicted molar refractivity (Wildman–Crippen MR) is 56.2 cm³/mol. The van der Waals surface area contributed by atoms with Gasteiger partial charge in [-0.15, -0.1) is 0 Å². The lowest BCUT2D eigenvalue weighted by atomic mass is 10.2. The molecule has 0 bridgehead atoms. The molecule has 0 aliphatic rings. The van der Waals surface area contributed by atoms with Crippen LogP contribution in [0, 0.1) is 11.6 Å². The summed E-state index contributed by atoms with van der Waals surface area (Å²) in [4.78, 5) is 10.9. The van der Waals surface area contributed by atoms with Crippen molar-refractivity contribution in [2.75, 3.05) is 6.54 Å². The molecule has 2 amide bonds. The van der Waals surface area contributed by atoms with Gasteiger partial charge in [0.2, 0.25) is 0 Å². The van der Waals surface area contributed by atoms with E-state index in [2.05, 4.69) is 15.8 Å². The topological polar surface area (TPSA) is 53.5 Å². The van der Waals surface area contributed by atoms with E-state index in [1.54, 1.807) is 6.92 Å². The summed E-state index contributed by atoms with van der Waals surface area (Å²) < 4.78 is 25.3. The summed E-state index contributed by atoms with van der Waals surface area (Å²) in [5, 5.41) is 6.01. The highest BCUT2D eigenvalue weighted by molar-refractivity contribution is 5.81. The molecule has 2 N–H and O–H groups in total. The molecule has 86 valence electrons. The maximum Gasteiger partial charge on any atom is 0.335 e. The number of amides is 2. The van der Waals surface area contributed by atoms with Gasteiger partial charge in [0.05, 0.1) is 6.21 Å². The molecule has 16 heavy (non-hydrogen) atoms.